The SMILES string of the molecule is Cc1ccccc1C(=O)NC(C)c1nnc(SCC(=O)Nc2sc3c(c2C#N)CCCC3)n1C. The lowest BCUT2D eigenvalue weighted by Gasteiger charge is -2.14. The average molecular weight is 495 g/mol. The number of nitrogens with one attached hydrogen (secondary N) is 2. The molecule has 176 valence electrons. The highest BCUT2D eigenvalue weighted by Crippen LogP contribution is 2.37. The van der Waals surface area contributed by atoms with Crippen LogP contribution in [0.3, 0.4) is 0 Å². The number of amides is 2. The van der Waals surface area contributed by atoms with Gasteiger partial charge in [0.25, 0.3) is 5.91 Å². The second-order valence-electron chi connectivity index (χ2n) is 8.27. The van der Waals surface area contributed by atoms with Crippen LogP contribution in [0.5, 0.6) is 0 Å². The summed E-state index contributed by atoms with van der Waals surface area (Å²) < 4.78 is 1.78. The summed E-state index contributed by atoms with van der Waals surface area (Å²) in [5.41, 5.74) is 3.23. The number of rotatable bonds is 7. The topological polar surface area (TPSA) is 113 Å². The number of carbonyl (C=O) groups is 2. The first kappa shape index (κ1) is 24.0. The maximum absolute atomic E-state index is 12.6. The second kappa shape index (κ2) is 10.4. The highest BCUT2D eigenvalue weighted by Gasteiger charge is 2.23. The number of hydrogen-bond acceptors (Lipinski definition) is 7. The zero-order valence-electron chi connectivity index (χ0n) is 19.3. The van der Waals surface area contributed by atoms with Crippen LogP contribution in [-0.4, -0.2) is 32.3 Å². The predicted octanol–water partition coefficient (Wildman–Crippen LogP) is 4.16. The summed E-state index contributed by atoms with van der Waals surface area (Å²) in [5.74, 6) is 0.380. The van der Waals surface area contributed by atoms with Gasteiger partial charge in [0, 0.05) is 17.5 Å². The smallest absolute Gasteiger partial charge is 0.252 e. The van der Waals surface area contributed by atoms with E-state index in [0.717, 1.165) is 36.8 Å². The molecular formula is C24H26N6O2S2. The molecule has 0 fully saturated rings. The molecule has 1 aliphatic rings. The standard InChI is InChI=1S/C24H26N6O2S2/c1-14-8-4-5-9-16(14)22(32)26-15(2)21-28-29-24(30(21)3)33-13-20(31)27-23-18(12-25)17-10-6-7-11-19(17)34-23/h4-5,8-9,15H,6-7,10-11,13H2,1-3H3,(H,26,32)(H,27,31). The van der Waals surface area contributed by atoms with Crippen LogP contribution in [0.1, 0.15) is 63.6 Å². The molecule has 2 aromatic heterocycles. The molecule has 8 nitrogen and oxygen atoms in total. The minimum absolute atomic E-state index is 0.142. The molecule has 2 amide bonds. The Morgan fingerprint density at radius 2 is 2.03 bits per heavy atom. The molecule has 34 heavy (non-hydrogen) atoms. The summed E-state index contributed by atoms with van der Waals surface area (Å²) in [7, 11) is 1.81. The summed E-state index contributed by atoms with van der Waals surface area (Å²) in [6.07, 6.45) is 4.08. The Morgan fingerprint density at radius 1 is 1.26 bits per heavy atom. The van der Waals surface area contributed by atoms with Crippen molar-refractivity contribution in [1.29, 1.82) is 5.26 Å². The molecule has 3 aromatic rings. The third kappa shape index (κ3) is 5.00. The maximum Gasteiger partial charge on any atom is 0.252 e. The van der Waals surface area contributed by atoms with Crippen molar-refractivity contribution in [3.05, 3.63) is 57.2 Å². The Morgan fingerprint density at radius 3 is 2.79 bits per heavy atom. The summed E-state index contributed by atoms with van der Waals surface area (Å²) in [6.45, 7) is 3.75. The highest BCUT2D eigenvalue weighted by atomic mass is 32.2. The van der Waals surface area contributed by atoms with E-state index >= 15 is 0 Å². The van der Waals surface area contributed by atoms with Crippen molar-refractivity contribution in [3.63, 3.8) is 0 Å². The Bertz CT molecular complexity index is 1270. The van der Waals surface area contributed by atoms with Crippen LogP contribution in [0.4, 0.5) is 5.00 Å². The number of thioether (sulfide) groups is 1. The molecule has 0 saturated carbocycles. The minimum Gasteiger partial charge on any atom is -0.342 e. The lowest BCUT2D eigenvalue weighted by molar-refractivity contribution is -0.113. The fourth-order valence-corrected chi connectivity index (χ4v) is 6.03. The summed E-state index contributed by atoms with van der Waals surface area (Å²) in [4.78, 5) is 26.4. The summed E-state index contributed by atoms with van der Waals surface area (Å²) in [5, 5.41) is 25.1. The molecule has 2 N–H and O–H groups in total. The minimum atomic E-state index is -0.358. The maximum atomic E-state index is 12.6. The molecule has 0 aliphatic heterocycles. The Balaban J connectivity index is 1.37. The van der Waals surface area contributed by atoms with E-state index in [1.54, 1.807) is 10.6 Å². The van der Waals surface area contributed by atoms with E-state index in [4.69, 9.17) is 0 Å². The van der Waals surface area contributed by atoms with Crippen LogP contribution in [0.15, 0.2) is 29.4 Å². The Labute approximate surface area is 206 Å². The average Bonchev–Trinajstić information content (AvgIpc) is 3.37. The Kier molecular flexibility index (Phi) is 7.34. The number of fused-ring (bicyclic) bond motifs is 1. The number of anilines is 1. The van der Waals surface area contributed by atoms with Gasteiger partial charge in [-0.2, -0.15) is 5.26 Å². The summed E-state index contributed by atoms with van der Waals surface area (Å²) >= 11 is 2.78. The van der Waals surface area contributed by atoms with Gasteiger partial charge < -0.3 is 15.2 Å². The highest BCUT2D eigenvalue weighted by molar-refractivity contribution is 7.99. The number of carbonyl (C=O) groups excluding carboxylic acids is 2. The van der Waals surface area contributed by atoms with Crippen molar-refractivity contribution in [1.82, 2.24) is 20.1 Å². The summed E-state index contributed by atoms with van der Waals surface area (Å²) in [6, 6.07) is 9.32. The van der Waals surface area contributed by atoms with E-state index in [0.29, 0.717) is 27.1 Å². The van der Waals surface area contributed by atoms with E-state index < -0.39 is 0 Å². The van der Waals surface area contributed by atoms with Gasteiger partial charge >= 0.3 is 0 Å². The number of hydrogen-bond donors (Lipinski definition) is 2. The molecule has 1 aromatic carbocycles. The molecule has 1 atom stereocenters. The van der Waals surface area contributed by atoms with Crippen LogP contribution < -0.4 is 10.6 Å². The van der Waals surface area contributed by atoms with Crippen LogP contribution in [0, 0.1) is 18.3 Å². The largest absolute Gasteiger partial charge is 0.342 e. The monoisotopic (exact) mass is 494 g/mol. The van der Waals surface area contributed by atoms with Gasteiger partial charge in [-0.25, -0.2) is 0 Å². The van der Waals surface area contributed by atoms with Gasteiger partial charge in [-0.3, -0.25) is 9.59 Å². The van der Waals surface area contributed by atoms with E-state index in [1.807, 2.05) is 39.1 Å². The second-order valence-corrected chi connectivity index (χ2v) is 10.3. The number of aromatic nitrogens is 3. The zero-order valence-corrected chi connectivity index (χ0v) is 21.0. The van der Waals surface area contributed by atoms with E-state index in [2.05, 4.69) is 26.9 Å². The van der Waals surface area contributed by atoms with E-state index in [1.165, 1.54) is 28.0 Å². The molecule has 1 unspecified atom stereocenters. The first-order valence-corrected chi connectivity index (χ1v) is 12.9. The number of nitriles is 1. The number of thiophene rings is 1. The quantitative estimate of drug-likeness (QED) is 0.477. The van der Waals surface area contributed by atoms with Crippen molar-refractivity contribution in [2.45, 2.75) is 50.7 Å². The lowest BCUT2D eigenvalue weighted by atomic mass is 9.96. The predicted molar refractivity (Wildman–Crippen MR) is 133 cm³/mol. The zero-order chi connectivity index (χ0) is 24.2. The van der Waals surface area contributed by atoms with Gasteiger partial charge in [-0.05, 0) is 56.7 Å². The molecule has 0 radical (unpaired) electrons. The van der Waals surface area contributed by atoms with Gasteiger partial charge in [-0.15, -0.1) is 21.5 Å². The first-order chi connectivity index (χ1) is 16.4. The van der Waals surface area contributed by atoms with Crippen LogP contribution in [-0.2, 0) is 24.7 Å². The van der Waals surface area contributed by atoms with Gasteiger partial charge in [0.2, 0.25) is 5.91 Å². The molecule has 0 bridgehead atoms. The van der Waals surface area contributed by atoms with Gasteiger partial charge in [-0.1, -0.05) is 30.0 Å². The number of nitrogens with zero attached hydrogens (tertiary/aromatic N) is 4. The van der Waals surface area contributed by atoms with Gasteiger partial charge in [0.15, 0.2) is 11.0 Å². The fourth-order valence-electron chi connectivity index (χ4n) is 4.06. The molecule has 10 heteroatoms. The van der Waals surface area contributed by atoms with Crippen molar-refractivity contribution in [3.8, 4) is 6.07 Å². The molecule has 0 saturated heterocycles. The van der Waals surface area contributed by atoms with Gasteiger partial charge in [0.1, 0.15) is 11.1 Å². The first-order valence-electron chi connectivity index (χ1n) is 11.1. The molecule has 1 aliphatic carbocycles. The van der Waals surface area contributed by atoms with Crippen molar-refractivity contribution >= 4 is 39.9 Å². The lowest BCUT2D eigenvalue weighted by Crippen LogP contribution is -2.29. The van der Waals surface area contributed by atoms with Crippen LogP contribution in [0.25, 0.3) is 0 Å². The molecule has 0 spiro atoms. The van der Waals surface area contributed by atoms with Crippen molar-refractivity contribution in [2.24, 2.45) is 7.05 Å². The van der Waals surface area contributed by atoms with Gasteiger partial charge in [0.05, 0.1) is 17.4 Å². The fraction of sp³-hybridized carbons (Fsp3) is 0.375. The Hall–Kier alpha value is -3.16. The third-order valence-corrected chi connectivity index (χ3v) is 8.09. The van der Waals surface area contributed by atoms with Crippen LogP contribution in [0.2, 0.25) is 0 Å². The van der Waals surface area contributed by atoms with E-state index in [9.17, 15) is 14.9 Å². The third-order valence-electron chi connectivity index (χ3n) is 5.86. The molecule has 2 heterocycles. The molecular weight excluding hydrogens is 468 g/mol. The number of aryl methyl sites for hydroxylation is 2. The van der Waals surface area contributed by atoms with Crippen LogP contribution >= 0.6 is 23.1 Å². The number of benzene rings is 1. The van der Waals surface area contributed by atoms with Crippen molar-refractivity contribution < 1.29 is 9.59 Å². The van der Waals surface area contributed by atoms with Crippen molar-refractivity contribution in [2.75, 3.05) is 11.1 Å². The normalized spacial score (nSPS) is 13.6. The van der Waals surface area contributed by atoms with E-state index in [-0.39, 0.29) is 23.6 Å². The molecule has 4 rings (SSSR count).